The normalized spacial score (nSPS) is 17.4. The lowest BCUT2D eigenvalue weighted by Gasteiger charge is -2.22. The summed E-state index contributed by atoms with van der Waals surface area (Å²) in [6.45, 7) is 2.09. The highest BCUT2D eigenvalue weighted by molar-refractivity contribution is 5.95. The molecule has 0 unspecified atom stereocenters. The predicted octanol–water partition coefficient (Wildman–Crippen LogP) is 2.33. The third kappa shape index (κ3) is 4.27. The van der Waals surface area contributed by atoms with Crippen LogP contribution in [-0.4, -0.2) is 68.3 Å². The number of benzene rings is 1. The molecule has 1 saturated heterocycles. The molecule has 2 aromatic rings. The van der Waals surface area contributed by atoms with Crippen molar-refractivity contribution < 1.29 is 14.6 Å². The molecule has 2 aliphatic rings. The molecule has 0 radical (unpaired) electrons. The number of methoxy groups -OCH3 is 1. The molecule has 0 spiro atoms. The molecular formula is C25H28N4O3. The molecule has 1 aliphatic carbocycles. The Balaban J connectivity index is 1.79. The number of hydrogen-bond acceptors (Lipinski definition) is 6. The summed E-state index contributed by atoms with van der Waals surface area (Å²) in [6.07, 6.45) is 4.74. The molecule has 0 saturated carbocycles. The number of anilines is 1. The Hall–Kier alpha value is -3.50. The van der Waals surface area contributed by atoms with E-state index >= 15 is 0 Å². The number of carbonyl (C=O) groups is 1. The number of hydrogen-bond donors (Lipinski definition) is 2. The molecule has 1 aliphatic heterocycles. The number of pyridine rings is 1. The number of ether oxygens (including phenoxy) is 1. The van der Waals surface area contributed by atoms with Gasteiger partial charge in [-0.2, -0.15) is 0 Å². The number of fused-ring (bicyclic) bond motifs is 1. The average molecular weight is 433 g/mol. The molecule has 1 amide bonds. The van der Waals surface area contributed by atoms with Gasteiger partial charge in [0.25, 0.3) is 0 Å². The first-order valence-corrected chi connectivity index (χ1v) is 10.8. The molecule has 166 valence electrons. The van der Waals surface area contributed by atoms with Crippen LogP contribution in [0, 0.1) is 5.92 Å². The van der Waals surface area contributed by atoms with E-state index in [2.05, 4.69) is 27.7 Å². The van der Waals surface area contributed by atoms with E-state index in [0.717, 1.165) is 52.3 Å². The van der Waals surface area contributed by atoms with Gasteiger partial charge in [-0.3, -0.25) is 4.79 Å². The Labute approximate surface area is 188 Å². The average Bonchev–Trinajstić information content (AvgIpc) is 3.33. The number of rotatable bonds is 7. The van der Waals surface area contributed by atoms with Crippen molar-refractivity contribution in [2.75, 3.05) is 52.3 Å². The van der Waals surface area contributed by atoms with Crippen molar-refractivity contribution in [3.63, 3.8) is 0 Å². The van der Waals surface area contributed by atoms with E-state index < -0.39 is 0 Å². The van der Waals surface area contributed by atoms with Gasteiger partial charge in [0.05, 0.1) is 42.1 Å². The summed E-state index contributed by atoms with van der Waals surface area (Å²) in [5, 5.41) is 13.0. The van der Waals surface area contributed by atoms with Crippen LogP contribution in [-0.2, 0) is 4.79 Å². The van der Waals surface area contributed by atoms with Crippen molar-refractivity contribution in [1.29, 1.82) is 0 Å². The van der Waals surface area contributed by atoms with Crippen molar-refractivity contribution in [3.05, 3.63) is 59.3 Å². The second-order valence-electron chi connectivity index (χ2n) is 7.98. The molecule has 1 atom stereocenters. The zero-order chi connectivity index (χ0) is 22.7. The lowest BCUT2D eigenvalue weighted by Crippen LogP contribution is -2.30. The van der Waals surface area contributed by atoms with Crippen LogP contribution in [0.5, 0.6) is 5.75 Å². The first kappa shape index (κ1) is 21.7. The Morgan fingerprint density at radius 1 is 1.34 bits per heavy atom. The largest absolute Gasteiger partial charge is 0.497 e. The quantitative estimate of drug-likeness (QED) is 0.654. The number of carbonyl (C=O) groups excluding carboxylic acids is 1. The lowest BCUT2D eigenvalue weighted by molar-refractivity contribution is -0.123. The molecule has 1 fully saturated rings. The summed E-state index contributed by atoms with van der Waals surface area (Å²) in [6, 6.07) is 7.96. The molecular weight excluding hydrogens is 404 g/mol. The highest BCUT2D eigenvalue weighted by Gasteiger charge is 2.29. The smallest absolute Gasteiger partial charge is 0.224 e. The van der Waals surface area contributed by atoms with Gasteiger partial charge in [-0.25, -0.2) is 4.98 Å². The van der Waals surface area contributed by atoms with E-state index in [-0.39, 0.29) is 18.4 Å². The number of aliphatic hydroxyl groups excluding tert-OH is 1. The van der Waals surface area contributed by atoms with E-state index in [9.17, 15) is 4.79 Å². The van der Waals surface area contributed by atoms with Crippen molar-refractivity contribution in [2.24, 2.45) is 5.92 Å². The second-order valence-corrected chi connectivity index (χ2v) is 7.98. The summed E-state index contributed by atoms with van der Waals surface area (Å²) in [5.74, 6) is 0.804. The molecule has 7 heteroatoms. The maximum atomic E-state index is 12.2. The maximum absolute atomic E-state index is 12.2. The summed E-state index contributed by atoms with van der Waals surface area (Å²) in [5.41, 5.74) is 10.7. The number of likely N-dealkylation sites (N-methyl/N-ethyl adjacent to an activating group) is 1. The zero-order valence-electron chi connectivity index (χ0n) is 18.7. The summed E-state index contributed by atoms with van der Waals surface area (Å²) >= 11 is 0. The highest BCUT2D eigenvalue weighted by Crippen LogP contribution is 2.34. The molecule has 1 aromatic carbocycles. The molecule has 4 rings (SSSR count). The minimum Gasteiger partial charge on any atom is -0.497 e. The van der Waals surface area contributed by atoms with Gasteiger partial charge in [0.1, 0.15) is 5.75 Å². The van der Waals surface area contributed by atoms with Gasteiger partial charge in [-0.15, -0.1) is 0 Å². The molecule has 2 N–H and O–H groups in total. The van der Waals surface area contributed by atoms with Crippen LogP contribution in [0.1, 0.15) is 12.1 Å². The zero-order valence-corrected chi connectivity index (χ0v) is 18.7. The predicted molar refractivity (Wildman–Crippen MR) is 125 cm³/mol. The third-order valence-corrected chi connectivity index (χ3v) is 6.00. The van der Waals surface area contributed by atoms with Crippen LogP contribution < -0.4 is 15.0 Å². The van der Waals surface area contributed by atoms with Crippen LogP contribution in [0.3, 0.4) is 0 Å². The number of amides is 1. The van der Waals surface area contributed by atoms with Gasteiger partial charge in [-0.05, 0) is 42.5 Å². The molecule has 2 heterocycles. The SMILES string of the molecule is CNC(=O)[C@H]1CCN(c2cc(C3=C=C=C(N(C)CCO)C=C3)nc3cc(OC)ccc23)C1. The van der Waals surface area contributed by atoms with Crippen LogP contribution in [0.25, 0.3) is 16.5 Å². The van der Waals surface area contributed by atoms with E-state index in [1.54, 1.807) is 14.2 Å². The van der Waals surface area contributed by atoms with E-state index in [1.165, 1.54) is 0 Å². The Morgan fingerprint density at radius 3 is 2.88 bits per heavy atom. The first-order valence-electron chi connectivity index (χ1n) is 10.8. The van der Waals surface area contributed by atoms with E-state index in [1.807, 2.05) is 42.3 Å². The monoisotopic (exact) mass is 432 g/mol. The molecule has 32 heavy (non-hydrogen) atoms. The number of allylic oxidation sites excluding steroid dienone is 3. The minimum atomic E-state index is -0.0221. The maximum Gasteiger partial charge on any atom is 0.224 e. The Kier molecular flexibility index (Phi) is 6.33. The van der Waals surface area contributed by atoms with Crippen LogP contribution in [0.4, 0.5) is 5.69 Å². The Bertz CT molecular complexity index is 1170. The van der Waals surface area contributed by atoms with E-state index in [0.29, 0.717) is 13.1 Å². The molecule has 0 bridgehead atoms. The van der Waals surface area contributed by atoms with Crippen molar-refractivity contribution in [2.45, 2.75) is 6.42 Å². The third-order valence-electron chi connectivity index (χ3n) is 6.00. The summed E-state index contributed by atoms with van der Waals surface area (Å²) in [4.78, 5) is 21.2. The lowest BCUT2D eigenvalue weighted by atomic mass is 10.1. The van der Waals surface area contributed by atoms with Gasteiger partial charge < -0.3 is 25.0 Å². The highest BCUT2D eigenvalue weighted by atomic mass is 16.5. The fraction of sp³-hybridized carbons (Fsp3) is 0.360. The van der Waals surface area contributed by atoms with E-state index in [4.69, 9.17) is 14.8 Å². The summed E-state index contributed by atoms with van der Waals surface area (Å²) in [7, 11) is 5.24. The molecule has 1 aromatic heterocycles. The van der Waals surface area contributed by atoms with Crippen LogP contribution in [0.2, 0.25) is 0 Å². The number of aromatic nitrogens is 1. The number of aliphatic hydroxyl groups is 1. The van der Waals surface area contributed by atoms with Crippen molar-refractivity contribution in [1.82, 2.24) is 15.2 Å². The topological polar surface area (TPSA) is 77.9 Å². The first-order chi connectivity index (χ1) is 15.5. The van der Waals surface area contributed by atoms with Crippen LogP contribution >= 0.6 is 0 Å². The van der Waals surface area contributed by atoms with Gasteiger partial charge in [0.2, 0.25) is 5.91 Å². The summed E-state index contributed by atoms with van der Waals surface area (Å²) < 4.78 is 5.41. The Morgan fingerprint density at radius 2 is 2.19 bits per heavy atom. The molecule has 7 nitrogen and oxygen atoms in total. The fourth-order valence-corrected chi connectivity index (χ4v) is 4.13. The van der Waals surface area contributed by atoms with Gasteiger partial charge >= 0.3 is 0 Å². The number of nitrogens with one attached hydrogen (secondary N) is 1. The minimum absolute atomic E-state index is 0.0221. The standard InChI is InChI=1S/C25H28N4O3/c1-26-25(31)18-10-11-29(16-18)24-15-22(27-23-14-20(32-3)8-9-21(23)24)17-4-6-19(7-5-17)28(2)12-13-30/h4,6,8-9,14-15,18,30H,10-13,16H2,1-3H3,(H,26,31)/t18-/m0/s1. The van der Waals surface area contributed by atoms with Gasteiger partial charge in [0, 0.05) is 50.9 Å². The van der Waals surface area contributed by atoms with Crippen molar-refractivity contribution in [3.8, 4) is 5.75 Å². The van der Waals surface area contributed by atoms with Gasteiger partial charge in [-0.1, -0.05) is 5.73 Å². The van der Waals surface area contributed by atoms with Crippen LogP contribution in [0.15, 0.2) is 53.6 Å². The van der Waals surface area contributed by atoms with Gasteiger partial charge in [0.15, 0.2) is 0 Å². The number of nitrogens with zero attached hydrogens (tertiary/aromatic N) is 3. The van der Waals surface area contributed by atoms with Crippen molar-refractivity contribution >= 4 is 28.1 Å². The second kappa shape index (κ2) is 9.33. The fourth-order valence-electron chi connectivity index (χ4n) is 4.13.